The number of amides is 1. The van der Waals surface area contributed by atoms with Gasteiger partial charge in [-0.15, -0.1) is 11.6 Å². The molecule has 0 aromatic heterocycles. The van der Waals surface area contributed by atoms with Gasteiger partial charge >= 0.3 is 0 Å². The van der Waals surface area contributed by atoms with Crippen molar-refractivity contribution >= 4 is 23.2 Å². The molecule has 98 valence electrons. The predicted molar refractivity (Wildman–Crippen MR) is 76.1 cm³/mol. The Bertz CT molecular complexity index is 468. The largest absolute Gasteiger partial charge is 0.326 e. The van der Waals surface area contributed by atoms with Gasteiger partial charge in [0, 0.05) is 12.1 Å². The maximum absolute atomic E-state index is 11.3. The minimum absolute atomic E-state index is 0.00503. The first-order chi connectivity index (χ1) is 8.44. The number of anilines is 1. The summed E-state index contributed by atoms with van der Waals surface area (Å²) < 4.78 is 0. The first kappa shape index (κ1) is 13.4. The molecule has 1 aliphatic heterocycles. The van der Waals surface area contributed by atoms with Crippen LogP contribution in [-0.4, -0.2) is 5.91 Å². The summed E-state index contributed by atoms with van der Waals surface area (Å²) >= 11 is 6.58. The topological polar surface area (TPSA) is 29.1 Å². The van der Waals surface area contributed by atoms with Crippen LogP contribution in [0.3, 0.4) is 0 Å². The Morgan fingerprint density at radius 1 is 1.39 bits per heavy atom. The van der Waals surface area contributed by atoms with Crippen LogP contribution in [0.4, 0.5) is 5.69 Å². The highest BCUT2D eigenvalue weighted by Gasteiger charge is 2.28. The number of nitrogens with one attached hydrogen (secondary N) is 1. The number of hydrogen-bond acceptors (Lipinski definition) is 1. The molecular weight excluding hydrogens is 246 g/mol. The molecule has 0 saturated heterocycles. The van der Waals surface area contributed by atoms with Crippen LogP contribution >= 0.6 is 11.6 Å². The second kappa shape index (κ2) is 4.93. The monoisotopic (exact) mass is 265 g/mol. The number of carbonyl (C=O) groups excluding carboxylic acids is 1. The molecule has 0 bridgehead atoms. The summed E-state index contributed by atoms with van der Waals surface area (Å²) in [5, 5.41) is 2.90. The van der Waals surface area contributed by atoms with E-state index in [0.717, 1.165) is 24.1 Å². The molecule has 0 spiro atoms. The molecule has 3 heteroatoms. The molecule has 2 rings (SSSR count). The van der Waals surface area contributed by atoms with Crippen LogP contribution in [0, 0.1) is 5.41 Å². The number of fused-ring (bicyclic) bond motifs is 1. The van der Waals surface area contributed by atoms with Crippen LogP contribution in [0.5, 0.6) is 0 Å². The number of benzene rings is 1. The van der Waals surface area contributed by atoms with Crippen LogP contribution < -0.4 is 5.32 Å². The van der Waals surface area contributed by atoms with Gasteiger partial charge in [0.25, 0.3) is 0 Å². The molecule has 1 aromatic carbocycles. The van der Waals surface area contributed by atoms with E-state index in [2.05, 4.69) is 32.2 Å². The Balaban J connectivity index is 2.29. The standard InChI is InChI=1S/C15H20ClNO/c1-4-15(2,3)14(16)11-5-7-12-10(9-11)6-8-13(18)17-12/h5,7,9,14H,4,6,8H2,1-3H3,(H,17,18). The highest BCUT2D eigenvalue weighted by Crippen LogP contribution is 2.42. The van der Waals surface area contributed by atoms with E-state index in [9.17, 15) is 4.79 Å². The third-order valence-corrected chi connectivity index (χ3v) is 4.76. The van der Waals surface area contributed by atoms with Crippen molar-refractivity contribution < 1.29 is 4.79 Å². The molecule has 0 aliphatic carbocycles. The summed E-state index contributed by atoms with van der Waals surface area (Å²) in [5.74, 6) is 0.103. The van der Waals surface area contributed by atoms with Gasteiger partial charge in [0.15, 0.2) is 0 Å². The molecular formula is C15H20ClNO. The Labute approximate surface area is 114 Å². The first-order valence-electron chi connectivity index (χ1n) is 6.51. The zero-order valence-corrected chi connectivity index (χ0v) is 12.0. The Kier molecular flexibility index (Phi) is 3.67. The lowest BCUT2D eigenvalue weighted by Crippen LogP contribution is -2.20. The van der Waals surface area contributed by atoms with Gasteiger partial charge < -0.3 is 5.32 Å². The van der Waals surface area contributed by atoms with Crippen molar-refractivity contribution in [1.29, 1.82) is 0 Å². The molecule has 2 nitrogen and oxygen atoms in total. The van der Waals surface area contributed by atoms with Gasteiger partial charge in [-0.3, -0.25) is 4.79 Å². The maximum atomic E-state index is 11.3. The maximum Gasteiger partial charge on any atom is 0.224 e. The van der Waals surface area contributed by atoms with Crippen molar-refractivity contribution in [2.24, 2.45) is 5.41 Å². The van der Waals surface area contributed by atoms with Crippen molar-refractivity contribution in [3.63, 3.8) is 0 Å². The summed E-state index contributed by atoms with van der Waals surface area (Å²) in [5.41, 5.74) is 3.37. The Morgan fingerprint density at radius 3 is 2.78 bits per heavy atom. The summed E-state index contributed by atoms with van der Waals surface area (Å²) in [6, 6.07) is 6.15. The van der Waals surface area contributed by atoms with Crippen molar-refractivity contribution in [1.82, 2.24) is 0 Å². The van der Waals surface area contributed by atoms with E-state index in [1.165, 1.54) is 5.56 Å². The fourth-order valence-electron chi connectivity index (χ4n) is 2.19. The van der Waals surface area contributed by atoms with Crippen molar-refractivity contribution in [3.05, 3.63) is 29.3 Å². The zero-order chi connectivity index (χ0) is 13.3. The van der Waals surface area contributed by atoms with Crippen LogP contribution in [0.15, 0.2) is 18.2 Å². The van der Waals surface area contributed by atoms with E-state index < -0.39 is 0 Å². The van der Waals surface area contributed by atoms with E-state index in [0.29, 0.717) is 6.42 Å². The average molecular weight is 266 g/mol. The summed E-state index contributed by atoms with van der Waals surface area (Å²) in [6.07, 6.45) is 2.42. The molecule has 0 saturated carbocycles. The van der Waals surface area contributed by atoms with Crippen LogP contribution in [-0.2, 0) is 11.2 Å². The van der Waals surface area contributed by atoms with Gasteiger partial charge in [-0.1, -0.05) is 32.9 Å². The van der Waals surface area contributed by atoms with E-state index >= 15 is 0 Å². The third-order valence-electron chi connectivity index (χ3n) is 3.91. The Hall–Kier alpha value is -1.02. The second-order valence-electron chi connectivity index (χ2n) is 5.67. The molecule has 0 fully saturated rings. The number of rotatable bonds is 3. The van der Waals surface area contributed by atoms with Gasteiger partial charge in [-0.05, 0) is 35.4 Å². The SMILES string of the molecule is CCC(C)(C)C(Cl)c1ccc2c(c1)CCC(=O)N2. The minimum atomic E-state index is 0.00503. The zero-order valence-electron chi connectivity index (χ0n) is 11.2. The molecule has 1 atom stereocenters. The quantitative estimate of drug-likeness (QED) is 0.812. The van der Waals surface area contributed by atoms with Crippen LogP contribution in [0.2, 0.25) is 0 Å². The fraction of sp³-hybridized carbons (Fsp3) is 0.533. The molecule has 0 radical (unpaired) electrons. The van der Waals surface area contributed by atoms with Crippen LogP contribution in [0.1, 0.15) is 50.1 Å². The molecule has 1 aromatic rings. The number of halogens is 1. The van der Waals surface area contributed by atoms with Gasteiger partial charge in [0.05, 0.1) is 5.38 Å². The summed E-state index contributed by atoms with van der Waals surface area (Å²) in [7, 11) is 0. The Morgan fingerprint density at radius 2 is 2.11 bits per heavy atom. The number of carbonyl (C=O) groups is 1. The normalized spacial score (nSPS) is 17.0. The average Bonchev–Trinajstić information content (AvgIpc) is 2.37. The van der Waals surface area contributed by atoms with Gasteiger partial charge in [-0.25, -0.2) is 0 Å². The van der Waals surface area contributed by atoms with E-state index in [-0.39, 0.29) is 16.7 Å². The number of hydrogen-bond donors (Lipinski definition) is 1. The van der Waals surface area contributed by atoms with Crippen LogP contribution in [0.25, 0.3) is 0 Å². The lowest BCUT2D eigenvalue weighted by molar-refractivity contribution is -0.116. The molecule has 18 heavy (non-hydrogen) atoms. The second-order valence-corrected chi connectivity index (χ2v) is 6.11. The van der Waals surface area contributed by atoms with Gasteiger partial charge in [0.1, 0.15) is 0 Å². The lowest BCUT2D eigenvalue weighted by Gasteiger charge is -2.30. The number of alkyl halides is 1. The first-order valence-corrected chi connectivity index (χ1v) is 6.94. The predicted octanol–water partition coefficient (Wildman–Crippen LogP) is 4.29. The van der Waals surface area contributed by atoms with E-state index in [1.807, 2.05) is 12.1 Å². The minimum Gasteiger partial charge on any atom is -0.326 e. The third kappa shape index (κ3) is 2.54. The lowest BCUT2D eigenvalue weighted by atomic mass is 9.82. The molecule has 1 aliphatic rings. The van der Waals surface area contributed by atoms with Crippen molar-refractivity contribution in [2.75, 3.05) is 5.32 Å². The van der Waals surface area contributed by atoms with E-state index in [1.54, 1.807) is 0 Å². The summed E-state index contributed by atoms with van der Waals surface area (Å²) in [6.45, 7) is 6.53. The fourth-order valence-corrected chi connectivity index (χ4v) is 2.48. The smallest absolute Gasteiger partial charge is 0.224 e. The van der Waals surface area contributed by atoms with Crippen molar-refractivity contribution in [2.45, 2.75) is 45.4 Å². The van der Waals surface area contributed by atoms with Gasteiger partial charge in [0.2, 0.25) is 5.91 Å². The van der Waals surface area contributed by atoms with Gasteiger partial charge in [-0.2, -0.15) is 0 Å². The van der Waals surface area contributed by atoms with Crippen molar-refractivity contribution in [3.8, 4) is 0 Å². The molecule has 1 amide bonds. The van der Waals surface area contributed by atoms with E-state index in [4.69, 9.17) is 11.6 Å². The molecule has 1 N–H and O–H groups in total. The highest BCUT2D eigenvalue weighted by atomic mass is 35.5. The summed E-state index contributed by atoms with van der Waals surface area (Å²) in [4.78, 5) is 11.3. The molecule has 1 unspecified atom stereocenters. The molecule has 1 heterocycles. The highest BCUT2D eigenvalue weighted by molar-refractivity contribution is 6.21. The number of aryl methyl sites for hydroxylation is 1.